The highest BCUT2D eigenvalue weighted by molar-refractivity contribution is 7.79. The van der Waals surface area contributed by atoms with E-state index >= 15 is 0 Å². The molecule has 1 atom stereocenters. The predicted octanol–water partition coefficient (Wildman–Crippen LogP) is 2.30. The third kappa shape index (κ3) is 2.07. The van der Waals surface area contributed by atoms with Crippen LogP contribution in [0.2, 0.25) is 0 Å². The van der Waals surface area contributed by atoms with Gasteiger partial charge in [0.15, 0.2) is 0 Å². The van der Waals surface area contributed by atoms with E-state index < -0.39 is 11.1 Å². The fourth-order valence-electron chi connectivity index (χ4n) is 2.14. The molecule has 1 fully saturated rings. The van der Waals surface area contributed by atoms with Crippen molar-refractivity contribution in [1.29, 1.82) is 0 Å². The van der Waals surface area contributed by atoms with Gasteiger partial charge in [0.2, 0.25) is 0 Å². The summed E-state index contributed by atoms with van der Waals surface area (Å²) in [7, 11) is 0. The number of H-pyrrole nitrogens is 1. The van der Waals surface area contributed by atoms with E-state index in [1.54, 1.807) is 12.3 Å². The summed E-state index contributed by atoms with van der Waals surface area (Å²) in [6, 6.07) is 1.76. The molecule has 14 heavy (non-hydrogen) atoms. The van der Waals surface area contributed by atoms with Crippen LogP contribution in [-0.2, 0) is 11.1 Å². The Bertz CT molecular complexity index is 329. The van der Waals surface area contributed by atoms with Crippen molar-refractivity contribution in [1.82, 2.24) is 4.98 Å². The fourth-order valence-corrected chi connectivity index (χ4v) is 2.51. The zero-order valence-electron chi connectivity index (χ0n) is 7.99. The molecule has 4 heteroatoms. The number of rotatable bonds is 2. The maximum absolute atomic E-state index is 10.7. The van der Waals surface area contributed by atoms with Crippen molar-refractivity contribution in [2.24, 2.45) is 0 Å². The van der Waals surface area contributed by atoms with Crippen molar-refractivity contribution in [3.05, 3.63) is 18.0 Å². The van der Waals surface area contributed by atoms with E-state index in [2.05, 4.69) is 4.98 Å². The van der Waals surface area contributed by atoms with Crippen molar-refractivity contribution < 1.29 is 8.76 Å². The summed E-state index contributed by atoms with van der Waals surface area (Å²) in [5, 5.41) is 0. The van der Waals surface area contributed by atoms with Gasteiger partial charge in [0, 0.05) is 16.8 Å². The minimum atomic E-state index is -2.09. The van der Waals surface area contributed by atoms with Gasteiger partial charge < -0.3 is 9.54 Å². The lowest BCUT2D eigenvalue weighted by Crippen LogP contribution is -2.04. The monoisotopic (exact) mass is 212 g/mol. The first-order valence-corrected chi connectivity index (χ1v) is 6.12. The Labute approximate surface area is 86.2 Å². The molecule has 0 spiro atoms. The van der Waals surface area contributed by atoms with Crippen LogP contribution in [-0.4, -0.2) is 13.7 Å². The minimum absolute atomic E-state index is 0.380. The second-order valence-corrected chi connectivity index (χ2v) is 4.80. The highest BCUT2D eigenvalue weighted by Crippen LogP contribution is 2.32. The van der Waals surface area contributed by atoms with E-state index in [0.717, 1.165) is 5.69 Å². The number of aromatic nitrogens is 1. The van der Waals surface area contributed by atoms with Crippen LogP contribution in [0.4, 0.5) is 0 Å². The smallest absolute Gasteiger partial charge is 0.0426 e. The Kier molecular flexibility index (Phi) is 3.03. The molecule has 0 saturated heterocycles. The van der Waals surface area contributed by atoms with Crippen molar-refractivity contribution in [3.63, 3.8) is 0 Å². The first-order valence-electron chi connectivity index (χ1n) is 5.05. The summed E-state index contributed by atoms with van der Waals surface area (Å²) >= 11 is -2.09. The molecular formula is C10H14NO2S-. The molecule has 1 N–H and O–H groups in total. The third-order valence-electron chi connectivity index (χ3n) is 2.92. The van der Waals surface area contributed by atoms with E-state index in [1.807, 2.05) is 0 Å². The highest BCUT2D eigenvalue weighted by atomic mass is 32.2. The van der Waals surface area contributed by atoms with Gasteiger partial charge in [-0.05, 0) is 35.9 Å². The van der Waals surface area contributed by atoms with Gasteiger partial charge in [0.05, 0.1) is 0 Å². The second-order valence-electron chi connectivity index (χ2n) is 3.86. The van der Waals surface area contributed by atoms with Gasteiger partial charge in [-0.15, -0.1) is 0 Å². The summed E-state index contributed by atoms with van der Waals surface area (Å²) < 4.78 is 21.4. The van der Waals surface area contributed by atoms with Gasteiger partial charge in [-0.25, -0.2) is 0 Å². The van der Waals surface area contributed by atoms with Crippen LogP contribution in [0.15, 0.2) is 17.2 Å². The Hall–Kier alpha value is -0.610. The van der Waals surface area contributed by atoms with Crippen molar-refractivity contribution in [3.8, 4) is 0 Å². The minimum Gasteiger partial charge on any atom is -0.768 e. The van der Waals surface area contributed by atoms with E-state index in [1.165, 1.54) is 32.1 Å². The van der Waals surface area contributed by atoms with Gasteiger partial charge in [0.25, 0.3) is 0 Å². The molecule has 1 aliphatic carbocycles. The van der Waals surface area contributed by atoms with Crippen LogP contribution in [0.1, 0.15) is 43.7 Å². The number of aromatic amines is 1. The summed E-state index contributed by atoms with van der Waals surface area (Å²) in [5.41, 5.74) is 1.09. The molecular weight excluding hydrogens is 198 g/mol. The lowest BCUT2D eigenvalue weighted by Gasteiger charge is -2.20. The standard InChI is InChI=1S/C10H15NO2S/c12-14(13)9-6-10(11-7-9)8-4-2-1-3-5-8/h6-8,11H,1-5H2,(H,12,13)/p-1. The van der Waals surface area contributed by atoms with E-state index in [-0.39, 0.29) is 0 Å². The SMILES string of the molecule is O=S([O-])c1c[nH]c(C2CCCCC2)c1. The summed E-state index contributed by atoms with van der Waals surface area (Å²) in [4.78, 5) is 3.44. The van der Waals surface area contributed by atoms with Gasteiger partial charge >= 0.3 is 0 Å². The third-order valence-corrected chi connectivity index (χ3v) is 3.54. The van der Waals surface area contributed by atoms with Crippen LogP contribution in [0.5, 0.6) is 0 Å². The predicted molar refractivity (Wildman–Crippen MR) is 53.8 cm³/mol. The summed E-state index contributed by atoms with van der Waals surface area (Å²) in [6.45, 7) is 0. The maximum atomic E-state index is 10.7. The number of nitrogens with one attached hydrogen (secondary N) is 1. The first kappa shape index (κ1) is 9.93. The molecule has 0 bridgehead atoms. The zero-order chi connectivity index (χ0) is 9.97. The first-order chi connectivity index (χ1) is 6.77. The van der Waals surface area contributed by atoms with Crippen LogP contribution in [0.3, 0.4) is 0 Å². The van der Waals surface area contributed by atoms with Crippen LogP contribution >= 0.6 is 0 Å². The van der Waals surface area contributed by atoms with Crippen LogP contribution in [0.25, 0.3) is 0 Å². The van der Waals surface area contributed by atoms with Crippen molar-refractivity contribution in [2.45, 2.75) is 42.9 Å². The Morgan fingerprint density at radius 3 is 2.64 bits per heavy atom. The molecule has 0 aromatic carbocycles. The average molecular weight is 212 g/mol. The number of hydrogen-bond acceptors (Lipinski definition) is 2. The Morgan fingerprint density at radius 2 is 2.07 bits per heavy atom. The van der Waals surface area contributed by atoms with E-state index in [0.29, 0.717) is 10.8 Å². The van der Waals surface area contributed by atoms with Gasteiger partial charge in [-0.3, -0.25) is 4.21 Å². The quantitative estimate of drug-likeness (QED) is 0.765. The fraction of sp³-hybridized carbons (Fsp3) is 0.600. The molecule has 1 saturated carbocycles. The molecule has 0 amide bonds. The molecule has 1 heterocycles. The average Bonchev–Trinajstić information content (AvgIpc) is 2.68. The van der Waals surface area contributed by atoms with E-state index in [4.69, 9.17) is 0 Å². The molecule has 1 aromatic rings. The van der Waals surface area contributed by atoms with E-state index in [9.17, 15) is 8.76 Å². The summed E-state index contributed by atoms with van der Waals surface area (Å²) in [6.07, 6.45) is 7.79. The lowest BCUT2D eigenvalue weighted by molar-refractivity contribution is 0.438. The zero-order valence-corrected chi connectivity index (χ0v) is 8.81. The van der Waals surface area contributed by atoms with Gasteiger partial charge in [0.1, 0.15) is 0 Å². The van der Waals surface area contributed by atoms with Crippen molar-refractivity contribution in [2.75, 3.05) is 0 Å². The Balaban J connectivity index is 2.11. The second kappa shape index (κ2) is 4.28. The lowest BCUT2D eigenvalue weighted by atomic mass is 9.87. The molecule has 1 aromatic heterocycles. The summed E-state index contributed by atoms with van der Waals surface area (Å²) in [5.74, 6) is 0.543. The van der Waals surface area contributed by atoms with Crippen LogP contribution in [0, 0.1) is 0 Å². The Morgan fingerprint density at radius 1 is 1.36 bits per heavy atom. The molecule has 1 unspecified atom stereocenters. The maximum Gasteiger partial charge on any atom is 0.0426 e. The van der Waals surface area contributed by atoms with Gasteiger partial charge in [-0.2, -0.15) is 0 Å². The highest BCUT2D eigenvalue weighted by Gasteiger charge is 2.16. The molecule has 1 aliphatic rings. The van der Waals surface area contributed by atoms with Gasteiger partial charge in [-0.1, -0.05) is 19.3 Å². The molecule has 3 nitrogen and oxygen atoms in total. The van der Waals surface area contributed by atoms with Crippen molar-refractivity contribution >= 4 is 11.1 Å². The van der Waals surface area contributed by atoms with Crippen LogP contribution < -0.4 is 0 Å². The number of hydrogen-bond donors (Lipinski definition) is 1. The topological polar surface area (TPSA) is 55.9 Å². The molecule has 2 rings (SSSR count). The normalized spacial score (nSPS) is 20.9. The largest absolute Gasteiger partial charge is 0.768 e. The molecule has 0 radical (unpaired) electrons. The molecule has 78 valence electrons. The molecule has 0 aliphatic heterocycles.